The predicted octanol–water partition coefficient (Wildman–Crippen LogP) is 2.77. The topological polar surface area (TPSA) is 83.8 Å². The van der Waals surface area contributed by atoms with Crippen molar-refractivity contribution in [2.24, 2.45) is 5.10 Å². The van der Waals surface area contributed by atoms with Crippen LogP contribution in [0.2, 0.25) is 0 Å². The zero-order chi connectivity index (χ0) is 16.2. The number of hydrazone groups is 1. The first-order valence-electron chi connectivity index (χ1n) is 6.73. The molecule has 0 saturated carbocycles. The number of phenolic OH excluding ortho intramolecular Hbond substituents is 1. The lowest BCUT2D eigenvalue weighted by Crippen LogP contribution is -2.17. The van der Waals surface area contributed by atoms with E-state index in [4.69, 9.17) is 4.74 Å². The molecule has 0 aliphatic carbocycles. The number of hydrogen-bond acceptors (Lipinski definition) is 6. The Morgan fingerprint density at radius 1 is 1.35 bits per heavy atom. The molecule has 0 unspecified atom stereocenters. The van der Waals surface area contributed by atoms with Gasteiger partial charge in [0.15, 0.2) is 16.5 Å². The Morgan fingerprint density at radius 2 is 2.17 bits per heavy atom. The average Bonchev–Trinajstić information content (AvgIpc) is 3.00. The van der Waals surface area contributed by atoms with Crippen molar-refractivity contribution in [3.63, 3.8) is 0 Å². The fourth-order valence-electron chi connectivity index (χ4n) is 1.96. The number of phenols is 1. The van der Waals surface area contributed by atoms with Crippen molar-refractivity contribution in [2.75, 3.05) is 7.11 Å². The number of hydrogen-bond donors (Lipinski definition) is 2. The molecule has 1 amide bonds. The molecular weight excluding hydrogens is 314 g/mol. The highest BCUT2D eigenvalue weighted by Crippen LogP contribution is 2.25. The highest BCUT2D eigenvalue weighted by molar-refractivity contribution is 7.20. The third kappa shape index (κ3) is 3.29. The summed E-state index contributed by atoms with van der Waals surface area (Å²) in [6.45, 7) is 0. The van der Waals surface area contributed by atoms with E-state index in [0.29, 0.717) is 16.3 Å². The Hall–Kier alpha value is -2.93. The van der Waals surface area contributed by atoms with Gasteiger partial charge in [0.05, 0.1) is 23.5 Å². The summed E-state index contributed by atoms with van der Waals surface area (Å²) < 4.78 is 5.96. The van der Waals surface area contributed by atoms with E-state index < -0.39 is 0 Å². The molecule has 0 saturated heterocycles. The molecule has 3 aromatic rings. The summed E-state index contributed by atoms with van der Waals surface area (Å²) in [6, 6.07) is 12.3. The maximum atomic E-state index is 12.0. The SMILES string of the molecule is COc1cc(C=NNC(=O)c2nc3ccccc3s2)ccc1O. The maximum Gasteiger partial charge on any atom is 0.300 e. The van der Waals surface area contributed by atoms with E-state index in [1.807, 2.05) is 24.3 Å². The summed E-state index contributed by atoms with van der Waals surface area (Å²) in [4.78, 5) is 16.3. The molecule has 116 valence electrons. The summed E-state index contributed by atoms with van der Waals surface area (Å²) in [5, 5.41) is 13.8. The van der Waals surface area contributed by atoms with Crippen LogP contribution in [-0.2, 0) is 0 Å². The number of nitrogens with zero attached hydrogens (tertiary/aromatic N) is 2. The standard InChI is InChI=1S/C16H13N3O3S/c1-22-13-8-10(6-7-12(13)20)9-17-19-15(21)16-18-11-4-2-3-5-14(11)23-16/h2-9,20H,1H3,(H,19,21). The fourth-order valence-corrected chi connectivity index (χ4v) is 2.81. The second-order valence-electron chi connectivity index (χ2n) is 4.62. The number of carbonyl (C=O) groups is 1. The Balaban J connectivity index is 1.70. The second-order valence-corrected chi connectivity index (χ2v) is 5.65. The van der Waals surface area contributed by atoms with Crippen molar-refractivity contribution < 1.29 is 14.6 Å². The summed E-state index contributed by atoms with van der Waals surface area (Å²) in [5.41, 5.74) is 3.91. The summed E-state index contributed by atoms with van der Waals surface area (Å²) in [7, 11) is 1.46. The van der Waals surface area contributed by atoms with Crippen LogP contribution in [0.3, 0.4) is 0 Å². The number of nitrogens with one attached hydrogen (secondary N) is 1. The quantitative estimate of drug-likeness (QED) is 0.570. The molecule has 2 N–H and O–H groups in total. The van der Waals surface area contributed by atoms with E-state index in [0.717, 1.165) is 10.2 Å². The Bertz CT molecular complexity index is 856. The molecule has 23 heavy (non-hydrogen) atoms. The van der Waals surface area contributed by atoms with Crippen LogP contribution >= 0.6 is 11.3 Å². The van der Waals surface area contributed by atoms with E-state index >= 15 is 0 Å². The minimum absolute atomic E-state index is 0.0446. The molecule has 2 aromatic carbocycles. The summed E-state index contributed by atoms with van der Waals surface area (Å²) in [5.74, 6) is 0.0165. The number of aromatic hydroxyl groups is 1. The number of thiazole rings is 1. The second kappa shape index (κ2) is 6.45. The van der Waals surface area contributed by atoms with E-state index in [1.165, 1.54) is 30.7 Å². The normalized spacial score (nSPS) is 11.0. The molecule has 1 aromatic heterocycles. The van der Waals surface area contributed by atoms with Gasteiger partial charge in [0.25, 0.3) is 5.91 Å². The minimum atomic E-state index is -0.367. The zero-order valence-corrected chi connectivity index (χ0v) is 13.0. The van der Waals surface area contributed by atoms with E-state index in [-0.39, 0.29) is 11.7 Å². The summed E-state index contributed by atoms with van der Waals surface area (Å²) in [6.07, 6.45) is 1.47. The molecule has 0 aliphatic rings. The lowest BCUT2D eigenvalue weighted by molar-refractivity contribution is 0.0955. The van der Waals surface area contributed by atoms with Crippen LogP contribution in [0.5, 0.6) is 11.5 Å². The van der Waals surface area contributed by atoms with E-state index in [1.54, 1.807) is 12.1 Å². The van der Waals surface area contributed by atoms with Crippen LogP contribution < -0.4 is 10.2 Å². The van der Waals surface area contributed by atoms with Crippen LogP contribution in [0.25, 0.3) is 10.2 Å². The van der Waals surface area contributed by atoms with Crippen molar-refractivity contribution in [2.45, 2.75) is 0 Å². The fraction of sp³-hybridized carbons (Fsp3) is 0.0625. The van der Waals surface area contributed by atoms with E-state index in [9.17, 15) is 9.90 Å². The number of aromatic nitrogens is 1. The first kappa shape index (κ1) is 15.0. The number of carbonyl (C=O) groups excluding carboxylic acids is 1. The summed E-state index contributed by atoms with van der Waals surface area (Å²) >= 11 is 1.31. The molecule has 0 aliphatic heterocycles. The highest BCUT2D eigenvalue weighted by atomic mass is 32.1. The molecule has 0 spiro atoms. The van der Waals surface area contributed by atoms with Gasteiger partial charge in [0.2, 0.25) is 0 Å². The molecule has 1 heterocycles. The molecule has 0 bridgehead atoms. The first-order valence-corrected chi connectivity index (χ1v) is 7.55. The predicted molar refractivity (Wildman–Crippen MR) is 89.3 cm³/mol. The minimum Gasteiger partial charge on any atom is -0.504 e. The first-order chi connectivity index (χ1) is 11.2. The van der Waals surface area contributed by atoms with Crippen LogP contribution in [0.4, 0.5) is 0 Å². The Kier molecular flexibility index (Phi) is 4.20. The molecule has 6 nitrogen and oxygen atoms in total. The molecule has 0 atom stereocenters. The van der Waals surface area contributed by atoms with Crippen molar-refractivity contribution in [1.29, 1.82) is 0 Å². The Morgan fingerprint density at radius 3 is 2.96 bits per heavy atom. The van der Waals surface area contributed by atoms with Gasteiger partial charge in [0, 0.05) is 0 Å². The lowest BCUT2D eigenvalue weighted by atomic mass is 10.2. The lowest BCUT2D eigenvalue weighted by Gasteiger charge is -2.03. The van der Waals surface area contributed by atoms with Gasteiger partial charge in [0.1, 0.15) is 0 Å². The van der Waals surface area contributed by atoms with Crippen molar-refractivity contribution in [1.82, 2.24) is 10.4 Å². The third-order valence-electron chi connectivity index (χ3n) is 3.07. The number of methoxy groups -OCH3 is 1. The molecule has 0 radical (unpaired) electrons. The molecule has 3 rings (SSSR count). The number of benzene rings is 2. The van der Waals surface area contributed by atoms with Crippen LogP contribution in [0, 0.1) is 0 Å². The van der Waals surface area contributed by atoms with Gasteiger partial charge in [-0.3, -0.25) is 4.79 Å². The largest absolute Gasteiger partial charge is 0.504 e. The molecule has 7 heteroatoms. The van der Waals surface area contributed by atoms with Gasteiger partial charge in [-0.05, 0) is 35.9 Å². The van der Waals surface area contributed by atoms with Crippen LogP contribution in [0.1, 0.15) is 15.4 Å². The van der Waals surface area contributed by atoms with Gasteiger partial charge in [-0.25, -0.2) is 10.4 Å². The van der Waals surface area contributed by atoms with Gasteiger partial charge < -0.3 is 9.84 Å². The smallest absolute Gasteiger partial charge is 0.300 e. The maximum absolute atomic E-state index is 12.0. The number of rotatable bonds is 4. The van der Waals surface area contributed by atoms with E-state index in [2.05, 4.69) is 15.5 Å². The molecular formula is C16H13N3O3S. The third-order valence-corrected chi connectivity index (χ3v) is 4.11. The number of para-hydroxylation sites is 1. The monoisotopic (exact) mass is 327 g/mol. The highest BCUT2D eigenvalue weighted by Gasteiger charge is 2.10. The number of ether oxygens (including phenoxy) is 1. The zero-order valence-electron chi connectivity index (χ0n) is 12.2. The van der Waals surface area contributed by atoms with Gasteiger partial charge in [-0.1, -0.05) is 12.1 Å². The van der Waals surface area contributed by atoms with Gasteiger partial charge in [-0.2, -0.15) is 5.10 Å². The van der Waals surface area contributed by atoms with Crippen LogP contribution in [0.15, 0.2) is 47.6 Å². The van der Waals surface area contributed by atoms with Crippen LogP contribution in [-0.4, -0.2) is 29.3 Å². The molecule has 0 fully saturated rings. The van der Waals surface area contributed by atoms with Crippen molar-refractivity contribution in [3.05, 3.63) is 53.0 Å². The van der Waals surface area contributed by atoms with Gasteiger partial charge >= 0.3 is 0 Å². The number of fused-ring (bicyclic) bond motifs is 1. The average molecular weight is 327 g/mol. The number of amides is 1. The van der Waals surface area contributed by atoms with Gasteiger partial charge in [-0.15, -0.1) is 11.3 Å². The van der Waals surface area contributed by atoms with Crippen molar-refractivity contribution >= 4 is 33.7 Å². The van der Waals surface area contributed by atoms with Crippen molar-refractivity contribution in [3.8, 4) is 11.5 Å². The Labute approximate surface area is 136 Å².